The number of benzene rings is 1. The van der Waals surface area contributed by atoms with Crippen molar-refractivity contribution in [2.75, 3.05) is 6.61 Å². The molecule has 0 saturated carbocycles. The fourth-order valence-electron chi connectivity index (χ4n) is 1.39. The molecule has 0 radical (unpaired) electrons. The van der Waals surface area contributed by atoms with Gasteiger partial charge in [-0.15, -0.1) is 0 Å². The second-order valence-electron chi connectivity index (χ2n) is 3.46. The second-order valence-corrected chi connectivity index (χ2v) is 3.46. The van der Waals surface area contributed by atoms with Gasteiger partial charge in [0.2, 0.25) is 0 Å². The van der Waals surface area contributed by atoms with Gasteiger partial charge in [-0.2, -0.15) is 0 Å². The average Bonchev–Trinajstić information content (AvgIpc) is 2.28. The SMILES string of the molecule is CCOC(=O)CCc1ccc(O)c(C(=O)O)c1. The van der Waals surface area contributed by atoms with Gasteiger partial charge in [-0.25, -0.2) is 4.79 Å². The summed E-state index contributed by atoms with van der Waals surface area (Å²) < 4.78 is 4.76. The number of phenols is 1. The number of carboxylic acid groups (broad SMARTS) is 1. The van der Waals surface area contributed by atoms with Gasteiger partial charge in [0.25, 0.3) is 0 Å². The lowest BCUT2D eigenvalue weighted by Crippen LogP contribution is -2.05. The molecule has 0 saturated heterocycles. The fraction of sp³-hybridized carbons (Fsp3) is 0.333. The first-order valence-corrected chi connectivity index (χ1v) is 5.25. The van der Waals surface area contributed by atoms with Crippen LogP contribution in [0.15, 0.2) is 18.2 Å². The van der Waals surface area contributed by atoms with Crippen LogP contribution in [0.5, 0.6) is 5.75 Å². The van der Waals surface area contributed by atoms with E-state index in [1.54, 1.807) is 13.0 Å². The molecule has 0 fully saturated rings. The largest absolute Gasteiger partial charge is 0.507 e. The maximum Gasteiger partial charge on any atom is 0.339 e. The summed E-state index contributed by atoms with van der Waals surface area (Å²) in [7, 11) is 0. The number of carbonyl (C=O) groups is 2. The van der Waals surface area contributed by atoms with Crippen molar-refractivity contribution in [3.63, 3.8) is 0 Å². The monoisotopic (exact) mass is 238 g/mol. The molecular weight excluding hydrogens is 224 g/mol. The van der Waals surface area contributed by atoms with Gasteiger partial charge >= 0.3 is 11.9 Å². The number of hydrogen-bond donors (Lipinski definition) is 2. The lowest BCUT2D eigenvalue weighted by atomic mass is 10.1. The second kappa shape index (κ2) is 5.89. The van der Waals surface area contributed by atoms with E-state index in [2.05, 4.69) is 0 Å². The fourth-order valence-corrected chi connectivity index (χ4v) is 1.39. The number of aromatic hydroxyl groups is 1. The van der Waals surface area contributed by atoms with E-state index in [1.165, 1.54) is 12.1 Å². The molecule has 1 aromatic rings. The topological polar surface area (TPSA) is 83.8 Å². The zero-order chi connectivity index (χ0) is 12.8. The number of carboxylic acids is 1. The molecule has 1 rings (SSSR count). The number of carbonyl (C=O) groups excluding carboxylic acids is 1. The predicted molar refractivity (Wildman–Crippen MR) is 60.0 cm³/mol. The van der Waals surface area contributed by atoms with Crippen molar-refractivity contribution < 1.29 is 24.5 Å². The standard InChI is InChI=1S/C12H14O5/c1-2-17-11(14)6-4-8-3-5-10(13)9(7-8)12(15)16/h3,5,7,13H,2,4,6H2,1H3,(H,15,16). The Hall–Kier alpha value is -2.04. The van der Waals surface area contributed by atoms with Crippen molar-refractivity contribution in [1.29, 1.82) is 0 Å². The third-order valence-corrected chi connectivity index (χ3v) is 2.21. The van der Waals surface area contributed by atoms with Crippen LogP contribution in [0.3, 0.4) is 0 Å². The van der Waals surface area contributed by atoms with E-state index in [4.69, 9.17) is 9.84 Å². The molecule has 0 aliphatic rings. The minimum absolute atomic E-state index is 0.161. The number of aromatic carboxylic acids is 1. The third kappa shape index (κ3) is 3.79. The van der Waals surface area contributed by atoms with Crippen LogP contribution in [-0.2, 0) is 16.0 Å². The van der Waals surface area contributed by atoms with Gasteiger partial charge in [-0.05, 0) is 31.0 Å². The van der Waals surface area contributed by atoms with Gasteiger partial charge < -0.3 is 14.9 Å². The molecule has 0 atom stereocenters. The molecule has 5 heteroatoms. The molecule has 0 bridgehead atoms. The molecular formula is C12H14O5. The summed E-state index contributed by atoms with van der Waals surface area (Å²) in [6.07, 6.45) is 0.580. The van der Waals surface area contributed by atoms with Gasteiger partial charge in [0.05, 0.1) is 6.61 Å². The first kappa shape index (κ1) is 13.0. The van der Waals surface area contributed by atoms with Crippen LogP contribution in [0.25, 0.3) is 0 Å². The number of esters is 1. The van der Waals surface area contributed by atoms with E-state index < -0.39 is 5.97 Å². The van der Waals surface area contributed by atoms with E-state index in [1.807, 2.05) is 0 Å². The summed E-state index contributed by atoms with van der Waals surface area (Å²) >= 11 is 0. The smallest absolute Gasteiger partial charge is 0.339 e. The Morgan fingerprint density at radius 2 is 2.06 bits per heavy atom. The molecule has 0 amide bonds. The quantitative estimate of drug-likeness (QED) is 0.761. The van der Waals surface area contributed by atoms with Crippen LogP contribution in [-0.4, -0.2) is 28.8 Å². The Balaban J connectivity index is 2.69. The molecule has 0 aliphatic heterocycles. The zero-order valence-corrected chi connectivity index (χ0v) is 9.47. The molecule has 0 aromatic heterocycles. The Morgan fingerprint density at radius 1 is 1.35 bits per heavy atom. The molecule has 0 unspecified atom stereocenters. The molecule has 1 aromatic carbocycles. The van der Waals surface area contributed by atoms with Crippen molar-refractivity contribution in [2.24, 2.45) is 0 Å². The molecule has 2 N–H and O–H groups in total. The van der Waals surface area contributed by atoms with Crippen molar-refractivity contribution in [2.45, 2.75) is 19.8 Å². The number of aryl methyl sites for hydroxylation is 1. The molecule has 5 nitrogen and oxygen atoms in total. The van der Waals surface area contributed by atoms with Crippen molar-refractivity contribution in [3.8, 4) is 5.75 Å². The van der Waals surface area contributed by atoms with Crippen molar-refractivity contribution in [1.82, 2.24) is 0 Å². The van der Waals surface area contributed by atoms with E-state index in [0.29, 0.717) is 18.6 Å². The van der Waals surface area contributed by atoms with Gasteiger partial charge in [-0.3, -0.25) is 4.79 Å². The summed E-state index contributed by atoms with van der Waals surface area (Å²) in [5.74, 6) is -1.80. The lowest BCUT2D eigenvalue weighted by molar-refractivity contribution is -0.143. The van der Waals surface area contributed by atoms with Crippen LogP contribution in [0.2, 0.25) is 0 Å². The third-order valence-electron chi connectivity index (χ3n) is 2.21. The minimum Gasteiger partial charge on any atom is -0.507 e. The molecule has 17 heavy (non-hydrogen) atoms. The maximum absolute atomic E-state index is 11.1. The van der Waals surface area contributed by atoms with Gasteiger partial charge in [0.1, 0.15) is 11.3 Å². The van der Waals surface area contributed by atoms with Crippen LogP contribution >= 0.6 is 0 Å². The van der Waals surface area contributed by atoms with Crippen LogP contribution < -0.4 is 0 Å². The maximum atomic E-state index is 11.1. The van der Waals surface area contributed by atoms with E-state index >= 15 is 0 Å². The Kier molecular flexibility index (Phi) is 4.51. The molecule has 0 aliphatic carbocycles. The van der Waals surface area contributed by atoms with Crippen LogP contribution in [0, 0.1) is 0 Å². The molecule has 0 heterocycles. The first-order valence-electron chi connectivity index (χ1n) is 5.25. The average molecular weight is 238 g/mol. The summed E-state index contributed by atoms with van der Waals surface area (Å²) in [5, 5.41) is 18.1. The Labute approximate surface area is 98.6 Å². The minimum atomic E-state index is -1.19. The van der Waals surface area contributed by atoms with Crippen molar-refractivity contribution in [3.05, 3.63) is 29.3 Å². The lowest BCUT2D eigenvalue weighted by Gasteiger charge is -2.04. The summed E-state index contributed by atoms with van der Waals surface area (Å²) in [6, 6.07) is 4.25. The van der Waals surface area contributed by atoms with Gasteiger partial charge in [0, 0.05) is 6.42 Å². The highest BCUT2D eigenvalue weighted by Gasteiger charge is 2.11. The van der Waals surface area contributed by atoms with E-state index in [-0.39, 0.29) is 23.7 Å². The Bertz CT molecular complexity index is 425. The number of ether oxygens (including phenoxy) is 1. The van der Waals surface area contributed by atoms with E-state index in [9.17, 15) is 14.7 Å². The highest BCUT2D eigenvalue weighted by atomic mass is 16.5. The summed E-state index contributed by atoms with van der Waals surface area (Å²) in [4.78, 5) is 21.9. The predicted octanol–water partition coefficient (Wildman–Crippen LogP) is 1.59. The number of hydrogen-bond acceptors (Lipinski definition) is 4. The van der Waals surface area contributed by atoms with E-state index in [0.717, 1.165) is 0 Å². The highest BCUT2D eigenvalue weighted by Crippen LogP contribution is 2.19. The first-order chi connectivity index (χ1) is 8.04. The van der Waals surface area contributed by atoms with Gasteiger partial charge in [-0.1, -0.05) is 6.07 Å². The van der Waals surface area contributed by atoms with Crippen molar-refractivity contribution >= 4 is 11.9 Å². The van der Waals surface area contributed by atoms with Gasteiger partial charge in [0.15, 0.2) is 0 Å². The summed E-state index contributed by atoms with van der Waals surface area (Å²) in [6.45, 7) is 2.05. The van der Waals surface area contributed by atoms with Crippen LogP contribution in [0.1, 0.15) is 29.3 Å². The zero-order valence-electron chi connectivity index (χ0n) is 9.47. The Morgan fingerprint density at radius 3 is 2.65 bits per heavy atom. The summed E-state index contributed by atoms with van der Waals surface area (Å²) in [5.41, 5.74) is 0.514. The highest BCUT2D eigenvalue weighted by molar-refractivity contribution is 5.90. The number of rotatable bonds is 5. The molecule has 92 valence electrons. The molecule has 0 spiro atoms. The normalized spacial score (nSPS) is 9.94. The van der Waals surface area contributed by atoms with Crippen LogP contribution in [0.4, 0.5) is 0 Å².